The Kier molecular flexibility index (Phi) is 4.59. The van der Waals surface area contributed by atoms with Gasteiger partial charge in [0.1, 0.15) is 17.7 Å². The molecular weight excluding hydrogens is 360 g/mol. The van der Waals surface area contributed by atoms with Gasteiger partial charge in [0, 0.05) is 63.3 Å². The molecule has 2 saturated heterocycles. The number of fused-ring (bicyclic) bond motifs is 1. The third kappa shape index (κ3) is 3.46. The Hall–Kier alpha value is -2.32. The van der Waals surface area contributed by atoms with Crippen molar-refractivity contribution in [1.29, 1.82) is 0 Å². The normalized spacial score (nSPS) is 19.0. The van der Waals surface area contributed by atoms with Gasteiger partial charge in [-0.2, -0.15) is 0 Å². The first-order chi connectivity index (χ1) is 13.4. The maximum Gasteiger partial charge on any atom is 0.186 e. The fourth-order valence-electron chi connectivity index (χ4n) is 3.78. The first-order valence-electron chi connectivity index (χ1n) is 9.47. The minimum Gasteiger partial charge on any atom is -0.381 e. The van der Waals surface area contributed by atoms with Crippen molar-refractivity contribution in [2.75, 3.05) is 49.2 Å². The van der Waals surface area contributed by atoms with E-state index in [4.69, 9.17) is 9.72 Å². The first-order valence-corrected chi connectivity index (χ1v) is 10.3. The second-order valence-electron chi connectivity index (χ2n) is 7.00. The number of ether oxygens (including phenoxy) is 1. The van der Waals surface area contributed by atoms with E-state index in [0.29, 0.717) is 5.92 Å². The van der Waals surface area contributed by atoms with Crippen LogP contribution in [0.5, 0.6) is 0 Å². The van der Waals surface area contributed by atoms with Crippen LogP contribution in [-0.4, -0.2) is 59.3 Å². The highest BCUT2D eigenvalue weighted by Gasteiger charge is 2.23. The Morgan fingerprint density at radius 2 is 1.85 bits per heavy atom. The van der Waals surface area contributed by atoms with Crippen LogP contribution in [0.3, 0.4) is 0 Å². The summed E-state index contributed by atoms with van der Waals surface area (Å²) in [6.07, 6.45) is 7.48. The van der Waals surface area contributed by atoms with Crippen LogP contribution in [0.2, 0.25) is 0 Å². The molecule has 27 heavy (non-hydrogen) atoms. The van der Waals surface area contributed by atoms with Crippen LogP contribution in [-0.2, 0) is 4.74 Å². The highest BCUT2D eigenvalue weighted by molar-refractivity contribution is 7.22. The van der Waals surface area contributed by atoms with Crippen LogP contribution >= 0.6 is 11.3 Å². The van der Waals surface area contributed by atoms with Crippen LogP contribution < -0.4 is 9.80 Å². The van der Waals surface area contributed by atoms with Crippen LogP contribution in [0.4, 0.5) is 10.9 Å². The summed E-state index contributed by atoms with van der Waals surface area (Å²) in [5.41, 5.74) is 2.14. The number of nitrogens with zero attached hydrogens (tertiary/aromatic N) is 6. The molecule has 7 nitrogen and oxygen atoms in total. The summed E-state index contributed by atoms with van der Waals surface area (Å²) in [5, 5.41) is 1.09. The molecule has 0 N–H and O–H groups in total. The average Bonchev–Trinajstić information content (AvgIpc) is 3.19. The van der Waals surface area contributed by atoms with E-state index in [1.165, 1.54) is 4.70 Å². The van der Waals surface area contributed by atoms with Crippen molar-refractivity contribution >= 4 is 32.5 Å². The molecule has 0 unspecified atom stereocenters. The van der Waals surface area contributed by atoms with Gasteiger partial charge in [-0.15, -0.1) is 0 Å². The average molecular weight is 382 g/mol. The number of rotatable bonds is 3. The first kappa shape index (κ1) is 16.8. The van der Waals surface area contributed by atoms with Crippen molar-refractivity contribution in [2.24, 2.45) is 0 Å². The van der Waals surface area contributed by atoms with Gasteiger partial charge in [0.15, 0.2) is 5.13 Å². The lowest BCUT2D eigenvalue weighted by atomic mass is 9.96. The van der Waals surface area contributed by atoms with Gasteiger partial charge in [-0.25, -0.2) is 15.0 Å². The van der Waals surface area contributed by atoms with Crippen LogP contribution in [0.25, 0.3) is 10.2 Å². The maximum absolute atomic E-state index is 5.48. The molecule has 8 heteroatoms. The smallest absolute Gasteiger partial charge is 0.186 e. The molecule has 0 radical (unpaired) electrons. The molecular formula is C19H22N6OS. The summed E-state index contributed by atoms with van der Waals surface area (Å²) in [5.74, 6) is 1.54. The van der Waals surface area contributed by atoms with Crippen molar-refractivity contribution in [3.8, 4) is 0 Å². The molecule has 0 saturated carbocycles. The van der Waals surface area contributed by atoms with Gasteiger partial charge in [0.25, 0.3) is 0 Å². The van der Waals surface area contributed by atoms with Crippen molar-refractivity contribution in [1.82, 2.24) is 19.9 Å². The second kappa shape index (κ2) is 7.36. The number of anilines is 2. The highest BCUT2D eigenvalue weighted by atomic mass is 32.1. The van der Waals surface area contributed by atoms with Gasteiger partial charge in [-0.05, 0) is 18.9 Å². The minimum absolute atomic E-state index is 0.498. The van der Waals surface area contributed by atoms with Crippen molar-refractivity contribution in [3.63, 3.8) is 0 Å². The fourth-order valence-corrected chi connectivity index (χ4v) is 4.77. The molecule has 0 aromatic carbocycles. The fraction of sp³-hybridized carbons (Fsp3) is 0.474. The molecule has 2 fully saturated rings. The van der Waals surface area contributed by atoms with E-state index in [2.05, 4.69) is 30.8 Å². The quantitative estimate of drug-likeness (QED) is 0.690. The Balaban J connectivity index is 1.27. The standard InChI is InChI=1S/C19H22N6OS/c1-4-20-12-16-17(1)27-19(23-16)25-7-5-24(6-8-25)18-11-15(21-13-22-18)14-2-9-26-10-3-14/h1,4,11-14H,2-3,5-10H2. The summed E-state index contributed by atoms with van der Waals surface area (Å²) >= 11 is 1.74. The zero-order valence-corrected chi connectivity index (χ0v) is 15.9. The molecule has 0 bridgehead atoms. The van der Waals surface area contributed by atoms with E-state index in [-0.39, 0.29) is 0 Å². The van der Waals surface area contributed by atoms with E-state index in [1.54, 1.807) is 17.7 Å². The molecule has 3 aromatic heterocycles. The molecule has 2 aliphatic rings. The lowest BCUT2D eigenvalue weighted by molar-refractivity contribution is 0.0845. The summed E-state index contributed by atoms with van der Waals surface area (Å²) in [6.45, 7) is 5.45. The van der Waals surface area contributed by atoms with Crippen molar-refractivity contribution in [2.45, 2.75) is 18.8 Å². The number of hydrogen-bond donors (Lipinski definition) is 0. The molecule has 5 heterocycles. The summed E-state index contributed by atoms with van der Waals surface area (Å²) in [7, 11) is 0. The van der Waals surface area contributed by atoms with E-state index in [0.717, 1.165) is 74.4 Å². The number of hydrogen-bond acceptors (Lipinski definition) is 8. The van der Waals surface area contributed by atoms with Gasteiger partial charge in [-0.1, -0.05) is 11.3 Å². The van der Waals surface area contributed by atoms with Crippen molar-refractivity contribution < 1.29 is 4.74 Å². The molecule has 0 spiro atoms. The van der Waals surface area contributed by atoms with E-state index < -0.39 is 0 Å². The van der Waals surface area contributed by atoms with E-state index >= 15 is 0 Å². The van der Waals surface area contributed by atoms with Crippen LogP contribution in [0.1, 0.15) is 24.5 Å². The Bertz CT molecular complexity index is 884. The van der Waals surface area contributed by atoms with E-state index in [1.807, 2.05) is 18.5 Å². The Morgan fingerprint density at radius 1 is 1.04 bits per heavy atom. The third-order valence-electron chi connectivity index (χ3n) is 5.37. The largest absolute Gasteiger partial charge is 0.381 e. The van der Waals surface area contributed by atoms with Gasteiger partial charge >= 0.3 is 0 Å². The third-order valence-corrected chi connectivity index (χ3v) is 6.46. The number of pyridine rings is 1. The SMILES string of the molecule is c1cc2sc(N3CCN(c4cc(C5CCOCC5)ncn4)CC3)nc2cn1. The molecule has 0 atom stereocenters. The molecule has 0 amide bonds. The van der Waals surface area contributed by atoms with E-state index in [9.17, 15) is 0 Å². The van der Waals surface area contributed by atoms with Crippen molar-refractivity contribution in [3.05, 3.63) is 36.5 Å². The predicted octanol–water partition coefficient (Wildman–Crippen LogP) is 2.70. The maximum atomic E-state index is 5.48. The van der Waals surface area contributed by atoms with Gasteiger partial charge in [-0.3, -0.25) is 4.98 Å². The lowest BCUT2D eigenvalue weighted by Gasteiger charge is -2.35. The summed E-state index contributed by atoms with van der Waals surface area (Å²) in [4.78, 5) is 22.7. The summed E-state index contributed by atoms with van der Waals surface area (Å²) < 4.78 is 6.67. The predicted molar refractivity (Wildman–Crippen MR) is 107 cm³/mol. The summed E-state index contributed by atoms with van der Waals surface area (Å²) in [6, 6.07) is 4.21. The Labute approximate surface area is 162 Å². The minimum atomic E-state index is 0.498. The van der Waals surface area contributed by atoms with Gasteiger partial charge in [0.05, 0.1) is 10.9 Å². The monoisotopic (exact) mass is 382 g/mol. The van der Waals surface area contributed by atoms with Gasteiger partial charge < -0.3 is 14.5 Å². The number of aromatic nitrogens is 4. The molecule has 5 rings (SSSR count). The highest BCUT2D eigenvalue weighted by Crippen LogP contribution is 2.30. The lowest BCUT2D eigenvalue weighted by Crippen LogP contribution is -2.46. The Morgan fingerprint density at radius 3 is 2.67 bits per heavy atom. The second-order valence-corrected chi connectivity index (χ2v) is 8.01. The molecule has 2 aliphatic heterocycles. The zero-order valence-electron chi connectivity index (χ0n) is 15.1. The zero-order chi connectivity index (χ0) is 18.1. The number of piperazine rings is 1. The van der Waals surface area contributed by atoms with Crippen LogP contribution in [0, 0.1) is 0 Å². The van der Waals surface area contributed by atoms with Gasteiger partial charge in [0.2, 0.25) is 0 Å². The topological polar surface area (TPSA) is 67.3 Å². The number of thiazole rings is 1. The molecule has 140 valence electrons. The van der Waals surface area contributed by atoms with Crippen LogP contribution in [0.15, 0.2) is 30.9 Å². The molecule has 0 aliphatic carbocycles. The molecule has 3 aromatic rings.